The van der Waals surface area contributed by atoms with Gasteiger partial charge in [0.25, 0.3) is 0 Å². The van der Waals surface area contributed by atoms with Crippen molar-refractivity contribution in [1.29, 1.82) is 0 Å². The third-order valence-corrected chi connectivity index (χ3v) is 12.1. The zero-order valence-electron chi connectivity index (χ0n) is 31.0. The van der Waals surface area contributed by atoms with Crippen LogP contribution in [0.3, 0.4) is 0 Å². The number of aromatic nitrogens is 12. The number of imidazole rings is 3. The van der Waals surface area contributed by atoms with E-state index in [1.165, 1.54) is 51.7 Å². The van der Waals surface area contributed by atoms with E-state index in [9.17, 15) is 24.0 Å². The van der Waals surface area contributed by atoms with E-state index in [2.05, 4.69) is 44.9 Å². The summed E-state index contributed by atoms with van der Waals surface area (Å²) in [5, 5.41) is 10.8. The van der Waals surface area contributed by atoms with Crippen LogP contribution in [0.2, 0.25) is 0 Å². The first-order valence-corrected chi connectivity index (χ1v) is 21.2. The van der Waals surface area contributed by atoms with Crippen molar-refractivity contribution < 1.29 is 56.3 Å². The molecule has 6 aromatic rings. The number of nitrogen functional groups attached to an aromatic ring is 3. The fraction of sp³-hybridized carbons (Fsp3) is 0.500. The van der Waals surface area contributed by atoms with Crippen LogP contribution in [0.15, 0.2) is 38.0 Å². The Morgan fingerprint density at radius 3 is 1.43 bits per heavy atom. The third-order valence-electron chi connectivity index (χ3n) is 10.1. The molecule has 3 aliphatic rings. The molecule has 0 amide bonds. The van der Waals surface area contributed by atoms with Gasteiger partial charge in [0.15, 0.2) is 53.1 Å². The lowest BCUT2D eigenvalue weighted by molar-refractivity contribution is -0.0610. The maximum absolute atomic E-state index is 13.5. The van der Waals surface area contributed by atoms with E-state index in [4.69, 9.17) is 55.2 Å². The van der Waals surface area contributed by atoms with Gasteiger partial charge in [0, 0.05) is 25.8 Å². The van der Waals surface area contributed by atoms with Gasteiger partial charge in [-0.05, 0) is 0 Å². The fourth-order valence-electron chi connectivity index (χ4n) is 7.38. The molecule has 3 saturated heterocycles. The van der Waals surface area contributed by atoms with Crippen molar-refractivity contribution in [3.8, 4) is 0 Å². The molecule has 0 bridgehead atoms. The van der Waals surface area contributed by atoms with Crippen molar-refractivity contribution in [3.63, 3.8) is 0 Å². The molecule has 0 radical (unpaired) electrons. The molecule has 60 heavy (non-hydrogen) atoms. The summed E-state index contributed by atoms with van der Waals surface area (Å²) >= 11 is 0. The number of phosphoric acid groups is 2. The lowest BCUT2D eigenvalue weighted by atomic mass is 10.2. The van der Waals surface area contributed by atoms with Gasteiger partial charge in [-0.15, -0.1) is 0 Å². The molecule has 30 heteroatoms. The van der Waals surface area contributed by atoms with E-state index in [-0.39, 0.29) is 54.4 Å². The van der Waals surface area contributed by atoms with Gasteiger partial charge in [-0.3, -0.25) is 31.8 Å². The smallest absolute Gasteiger partial charge is 0.388 e. The Balaban J connectivity index is 0.878. The first-order chi connectivity index (χ1) is 28.8. The topological polar surface area (TPSA) is 394 Å². The van der Waals surface area contributed by atoms with Gasteiger partial charge in [-0.1, -0.05) is 0 Å². The molecule has 11 N–H and O–H groups in total. The Morgan fingerprint density at radius 2 is 0.983 bits per heavy atom. The highest BCUT2D eigenvalue weighted by Gasteiger charge is 2.46. The first kappa shape index (κ1) is 40.5. The Labute approximate surface area is 336 Å². The van der Waals surface area contributed by atoms with Gasteiger partial charge in [0.1, 0.15) is 53.8 Å². The largest absolute Gasteiger partial charge is 0.472 e. The molecule has 28 nitrogen and oxygen atoms in total. The first-order valence-electron chi connectivity index (χ1n) is 18.2. The molecule has 320 valence electrons. The second-order valence-electron chi connectivity index (χ2n) is 14.0. The molecule has 3 fully saturated rings. The molecule has 6 aromatic heterocycles. The van der Waals surface area contributed by atoms with Gasteiger partial charge in [-0.25, -0.2) is 54.0 Å². The number of fused-ring (bicyclic) bond motifs is 3. The summed E-state index contributed by atoms with van der Waals surface area (Å²) in [6, 6.07) is 0. The van der Waals surface area contributed by atoms with Crippen LogP contribution in [0.1, 0.15) is 37.9 Å². The molecule has 9 heterocycles. The number of nitrogens with zero attached hydrogens (tertiary/aromatic N) is 12. The summed E-state index contributed by atoms with van der Waals surface area (Å²) in [4.78, 5) is 59.0. The number of ether oxygens (including phenoxy) is 3. The van der Waals surface area contributed by atoms with Crippen molar-refractivity contribution >= 4 is 66.6 Å². The van der Waals surface area contributed by atoms with Crippen LogP contribution in [0, 0.1) is 0 Å². The minimum Gasteiger partial charge on any atom is -0.388 e. The van der Waals surface area contributed by atoms with E-state index < -0.39 is 84.2 Å². The van der Waals surface area contributed by atoms with Crippen LogP contribution in [0.4, 0.5) is 17.5 Å². The van der Waals surface area contributed by atoms with Crippen LogP contribution >= 0.6 is 15.6 Å². The minimum atomic E-state index is -4.91. The van der Waals surface area contributed by atoms with E-state index in [1.54, 1.807) is 0 Å². The highest BCUT2D eigenvalue weighted by Crippen LogP contribution is 2.52. The number of hydrogen-bond acceptors (Lipinski definition) is 23. The molecular formula is C30H38N16O12P2. The Hall–Kier alpha value is -4.93. The Morgan fingerprint density at radius 1 is 0.600 bits per heavy atom. The van der Waals surface area contributed by atoms with Crippen molar-refractivity contribution in [3.05, 3.63) is 38.0 Å². The maximum Gasteiger partial charge on any atom is 0.472 e. The number of rotatable bonds is 14. The second-order valence-corrected chi connectivity index (χ2v) is 16.8. The van der Waals surface area contributed by atoms with Crippen molar-refractivity contribution in [2.75, 3.05) is 37.0 Å². The number of aliphatic hydroxyl groups is 1. The Kier molecular flexibility index (Phi) is 10.7. The molecule has 11 atom stereocenters. The lowest BCUT2D eigenvalue weighted by Gasteiger charge is -2.23. The van der Waals surface area contributed by atoms with Crippen molar-refractivity contribution in [2.24, 2.45) is 5.73 Å². The van der Waals surface area contributed by atoms with Gasteiger partial charge in [0.2, 0.25) is 0 Å². The van der Waals surface area contributed by atoms with Gasteiger partial charge >= 0.3 is 15.6 Å². The maximum atomic E-state index is 13.5. The molecular weight excluding hydrogens is 838 g/mol. The van der Waals surface area contributed by atoms with Gasteiger partial charge in [-0.2, -0.15) is 0 Å². The number of aliphatic hydroxyl groups excluding tert-OH is 1. The molecule has 9 rings (SSSR count). The van der Waals surface area contributed by atoms with Crippen LogP contribution in [0.5, 0.6) is 0 Å². The van der Waals surface area contributed by atoms with Crippen LogP contribution < -0.4 is 22.9 Å². The SMILES string of the molecule is NC[C@@H]1C[C@@H](OP(=O)(O)OC[C@@H]2C[C@@H](OP(=O)(O)OC[C@@H]3C[C@@H](O)[C@H](n4cnc5c(N)ncnc54)O3)[C@H](n3cnc4c(N)ncnc43)O2)[C@H](n2cnc3c(N)ncnc32)O1. The van der Waals surface area contributed by atoms with E-state index in [0.717, 1.165) is 0 Å². The zero-order valence-corrected chi connectivity index (χ0v) is 32.8. The molecule has 0 aliphatic carbocycles. The average molecular weight is 877 g/mol. The summed E-state index contributed by atoms with van der Waals surface area (Å²) in [6.45, 7) is -0.932. The number of hydrogen-bond donors (Lipinski definition) is 7. The average Bonchev–Trinajstić information content (AvgIpc) is 4.07. The quantitative estimate of drug-likeness (QED) is 0.0674. The summed E-state index contributed by atoms with van der Waals surface area (Å²) in [7, 11) is -9.78. The molecule has 0 spiro atoms. The standard InChI is InChI=1S/C30H38N16O12P2/c31-4-13-2-17(29(54-13)45-11-42-20-23(33)36-8-39-26(20)45)57-60(50,51)53-6-15-3-18(30(56-15)46-12-43-21-24(34)37-9-40-27(21)46)58-59(48,49)52-5-14-1-16(47)28(55-14)44-10-41-19-22(32)35-7-38-25(19)44/h7-18,28-30,47H,1-6,31H2,(H,48,49)(H,50,51)(H2,32,35,38)(H2,33,36,39)(H2,34,37,40)/t13-,14-,15-,16+,17+,18+,28+,29+,30+/m0/s1. The van der Waals surface area contributed by atoms with E-state index in [1.807, 2.05) is 0 Å². The summed E-state index contributed by atoms with van der Waals surface area (Å²) in [5.41, 5.74) is 25.3. The van der Waals surface area contributed by atoms with Crippen LogP contribution in [0.25, 0.3) is 33.5 Å². The zero-order chi connectivity index (χ0) is 41.9. The number of anilines is 3. The van der Waals surface area contributed by atoms with E-state index in [0.29, 0.717) is 22.3 Å². The number of phosphoric ester groups is 2. The lowest BCUT2D eigenvalue weighted by Crippen LogP contribution is -2.23. The van der Waals surface area contributed by atoms with E-state index >= 15 is 0 Å². The predicted octanol–water partition coefficient (Wildman–Crippen LogP) is -0.561. The Bertz CT molecular complexity index is 2630. The second kappa shape index (κ2) is 15.8. The predicted molar refractivity (Wildman–Crippen MR) is 201 cm³/mol. The highest BCUT2D eigenvalue weighted by atomic mass is 31.2. The van der Waals surface area contributed by atoms with Crippen molar-refractivity contribution in [2.45, 2.75) is 74.6 Å². The summed E-state index contributed by atoms with van der Waals surface area (Å²) in [6.07, 6.45) is -1.20. The molecule has 3 aliphatic heterocycles. The minimum absolute atomic E-state index is 0.0213. The molecule has 0 aromatic carbocycles. The fourth-order valence-corrected chi connectivity index (χ4v) is 9.28. The monoisotopic (exact) mass is 876 g/mol. The highest BCUT2D eigenvalue weighted by molar-refractivity contribution is 7.47. The van der Waals surface area contributed by atoms with Gasteiger partial charge < -0.3 is 52.0 Å². The normalized spacial score (nSPS) is 29.2. The summed E-state index contributed by atoms with van der Waals surface area (Å²) in [5.74, 6) is 0.328. The van der Waals surface area contributed by atoms with Crippen LogP contribution in [-0.4, -0.2) is 130 Å². The number of nitrogens with two attached hydrogens (primary N) is 4. The van der Waals surface area contributed by atoms with Gasteiger partial charge in [0.05, 0.1) is 50.5 Å². The molecule has 2 unspecified atom stereocenters. The van der Waals surface area contributed by atoms with Crippen LogP contribution in [-0.2, 0) is 41.4 Å². The molecule has 0 saturated carbocycles. The summed E-state index contributed by atoms with van der Waals surface area (Å²) < 4.78 is 71.6. The third kappa shape index (κ3) is 7.77. The van der Waals surface area contributed by atoms with Crippen molar-refractivity contribution in [1.82, 2.24) is 58.6 Å².